The van der Waals surface area contributed by atoms with Crippen molar-refractivity contribution < 1.29 is 21.4 Å². The fourth-order valence-corrected chi connectivity index (χ4v) is 4.28. The lowest BCUT2D eigenvalue weighted by atomic mass is 10.9. The third-order valence-electron chi connectivity index (χ3n) is 2.64. The molecule has 0 aliphatic heterocycles. The van der Waals surface area contributed by atoms with Gasteiger partial charge in [-0.25, -0.2) is 4.39 Å². The average molecular weight is 245 g/mol. The Morgan fingerprint density at radius 1 is 1.09 bits per heavy atom. The van der Waals surface area contributed by atoms with Gasteiger partial charge in [0.2, 0.25) is 5.91 Å². The maximum Gasteiger partial charge on any atom is 0.202 e. The van der Waals surface area contributed by atoms with Gasteiger partial charge in [0.25, 0.3) is 0 Å². The molecule has 1 unspecified atom stereocenters. The largest absolute Gasteiger partial charge is 1.00 e. The highest BCUT2D eigenvalue weighted by Crippen LogP contribution is 2.62. The molecule has 0 amide bonds. The lowest BCUT2D eigenvalue weighted by Crippen LogP contribution is -3.00. The Hall–Kier alpha value is 0.840. The minimum atomic E-state index is -1.18. The van der Waals surface area contributed by atoms with Crippen LogP contribution in [-0.2, 0) is 0 Å². The van der Waals surface area contributed by atoms with Crippen molar-refractivity contribution in [1.82, 2.24) is 0 Å². The molecule has 0 spiro atoms. The number of hydrogen-bond donors (Lipinski definition) is 0. The van der Waals surface area contributed by atoms with Crippen LogP contribution in [0.15, 0.2) is 0 Å². The van der Waals surface area contributed by atoms with Crippen LogP contribution in [-0.4, -0.2) is 24.4 Å². The third kappa shape index (κ3) is 3.38. The molecular formula is C8H19BrFP. The van der Waals surface area contributed by atoms with Gasteiger partial charge >= 0.3 is 0 Å². The molecule has 0 aliphatic carbocycles. The zero-order valence-electron chi connectivity index (χ0n) is 7.90. The molecule has 0 rings (SSSR count). The number of rotatable bonds is 4. The van der Waals surface area contributed by atoms with Gasteiger partial charge in [0.15, 0.2) is 0 Å². The molecule has 0 heterocycles. The van der Waals surface area contributed by atoms with Crippen LogP contribution in [0.1, 0.15) is 27.7 Å². The molecule has 0 aromatic rings. The zero-order valence-corrected chi connectivity index (χ0v) is 10.4. The normalized spacial score (nSPS) is 13.9. The lowest BCUT2D eigenvalue weighted by Gasteiger charge is -2.24. The van der Waals surface area contributed by atoms with Crippen LogP contribution in [0.3, 0.4) is 0 Å². The van der Waals surface area contributed by atoms with Crippen LogP contribution in [0.4, 0.5) is 4.39 Å². The molecule has 0 radical (unpaired) electrons. The summed E-state index contributed by atoms with van der Waals surface area (Å²) in [5, 5.41) is 0. The minimum absolute atomic E-state index is 0. The van der Waals surface area contributed by atoms with E-state index in [9.17, 15) is 4.39 Å². The van der Waals surface area contributed by atoms with Crippen molar-refractivity contribution in [2.24, 2.45) is 0 Å². The van der Waals surface area contributed by atoms with E-state index in [2.05, 4.69) is 20.8 Å². The standard InChI is InChI=1S/C8H19FP.BrH/c1-5-10(6-2,7-3)8(4)9;/h8H,5-7H2,1-4H3;1H/q+1;/p-1. The molecule has 0 N–H and O–H groups in total. The van der Waals surface area contributed by atoms with Crippen molar-refractivity contribution in [2.45, 2.75) is 33.6 Å². The predicted molar refractivity (Wildman–Crippen MR) is 49.1 cm³/mol. The quantitative estimate of drug-likeness (QED) is 0.628. The van der Waals surface area contributed by atoms with Crippen molar-refractivity contribution in [1.29, 1.82) is 0 Å². The van der Waals surface area contributed by atoms with E-state index >= 15 is 0 Å². The summed E-state index contributed by atoms with van der Waals surface area (Å²) >= 11 is 0. The summed E-state index contributed by atoms with van der Waals surface area (Å²) < 4.78 is 13.1. The monoisotopic (exact) mass is 244 g/mol. The van der Waals surface area contributed by atoms with Gasteiger partial charge in [0.1, 0.15) is 0 Å². The molecule has 3 heteroatoms. The Labute approximate surface area is 81.1 Å². The molecule has 0 bridgehead atoms. The Kier molecular flexibility index (Phi) is 8.32. The summed E-state index contributed by atoms with van der Waals surface area (Å²) in [4.78, 5) is 0. The first-order valence-electron chi connectivity index (χ1n) is 4.12. The van der Waals surface area contributed by atoms with Crippen LogP contribution in [0.5, 0.6) is 0 Å². The van der Waals surface area contributed by atoms with Crippen LogP contribution >= 0.6 is 7.26 Å². The first kappa shape index (κ1) is 14.4. The van der Waals surface area contributed by atoms with E-state index in [0.29, 0.717) is 0 Å². The van der Waals surface area contributed by atoms with E-state index < -0.39 is 13.2 Å². The Balaban J connectivity index is 0. The van der Waals surface area contributed by atoms with E-state index in [1.807, 2.05) is 0 Å². The summed E-state index contributed by atoms with van der Waals surface area (Å²) in [6, 6.07) is 0. The maximum absolute atomic E-state index is 13.1. The highest BCUT2D eigenvalue weighted by atomic mass is 79.9. The maximum atomic E-state index is 13.1. The van der Waals surface area contributed by atoms with Crippen molar-refractivity contribution in [3.05, 3.63) is 0 Å². The van der Waals surface area contributed by atoms with Gasteiger partial charge in [-0.15, -0.1) is 0 Å². The van der Waals surface area contributed by atoms with Gasteiger partial charge in [-0.3, -0.25) is 0 Å². The first-order chi connectivity index (χ1) is 4.63. The Morgan fingerprint density at radius 2 is 1.36 bits per heavy atom. The van der Waals surface area contributed by atoms with E-state index in [1.54, 1.807) is 6.92 Å². The highest BCUT2D eigenvalue weighted by Gasteiger charge is 2.37. The summed E-state index contributed by atoms with van der Waals surface area (Å²) in [6.07, 6.45) is 3.20. The molecule has 0 aliphatic rings. The molecule has 70 valence electrons. The molecule has 0 nitrogen and oxygen atoms in total. The van der Waals surface area contributed by atoms with Gasteiger partial charge in [-0.2, -0.15) is 0 Å². The molecule has 0 aromatic carbocycles. The van der Waals surface area contributed by atoms with Gasteiger partial charge < -0.3 is 17.0 Å². The van der Waals surface area contributed by atoms with Gasteiger partial charge in [0, 0.05) is 14.2 Å². The fourth-order valence-electron chi connectivity index (χ4n) is 1.43. The van der Waals surface area contributed by atoms with Crippen LogP contribution in [0.2, 0.25) is 0 Å². The molecular weight excluding hydrogens is 226 g/mol. The number of halogens is 2. The topological polar surface area (TPSA) is 0 Å². The predicted octanol–water partition coefficient (Wildman–Crippen LogP) is 0.383. The summed E-state index contributed by atoms with van der Waals surface area (Å²) in [5.74, 6) is -0.549. The molecule has 1 atom stereocenters. The summed E-state index contributed by atoms with van der Waals surface area (Å²) in [7, 11) is -1.18. The molecule has 0 saturated carbocycles. The van der Waals surface area contributed by atoms with Crippen LogP contribution in [0, 0.1) is 0 Å². The fraction of sp³-hybridized carbons (Fsp3) is 1.00. The summed E-state index contributed by atoms with van der Waals surface area (Å²) in [6.45, 7) is 8.09. The number of hydrogen-bond acceptors (Lipinski definition) is 0. The first-order valence-corrected chi connectivity index (χ1v) is 6.54. The van der Waals surface area contributed by atoms with Crippen molar-refractivity contribution in [2.75, 3.05) is 18.5 Å². The van der Waals surface area contributed by atoms with Gasteiger partial charge in [-0.05, 0) is 20.8 Å². The second kappa shape index (κ2) is 6.37. The third-order valence-corrected chi connectivity index (χ3v) is 7.93. The minimum Gasteiger partial charge on any atom is -1.00 e. The smallest absolute Gasteiger partial charge is 0.202 e. The van der Waals surface area contributed by atoms with Crippen LogP contribution in [0.25, 0.3) is 0 Å². The van der Waals surface area contributed by atoms with E-state index in [0.717, 1.165) is 18.5 Å². The lowest BCUT2D eigenvalue weighted by molar-refractivity contribution is -0.00000306. The van der Waals surface area contributed by atoms with Crippen LogP contribution < -0.4 is 17.0 Å². The van der Waals surface area contributed by atoms with Gasteiger partial charge in [0.05, 0.1) is 18.5 Å². The molecule has 0 fully saturated rings. The van der Waals surface area contributed by atoms with Crippen molar-refractivity contribution in [3.63, 3.8) is 0 Å². The van der Waals surface area contributed by atoms with Crippen molar-refractivity contribution >= 4 is 7.26 Å². The Morgan fingerprint density at radius 3 is 1.36 bits per heavy atom. The zero-order chi connectivity index (χ0) is 8.20. The molecule has 0 saturated heterocycles. The SMILES string of the molecule is CC[P+](CC)(CC)C(C)F.[Br-]. The highest BCUT2D eigenvalue weighted by molar-refractivity contribution is 7.76. The summed E-state index contributed by atoms with van der Waals surface area (Å²) in [5.41, 5.74) is 0. The Bertz CT molecular complexity index is 83.8. The number of alkyl halides is 1. The van der Waals surface area contributed by atoms with Gasteiger partial charge in [-0.1, -0.05) is 0 Å². The second-order valence-electron chi connectivity index (χ2n) is 2.74. The average Bonchev–Trinajstić information content (AvgIpc) is 1.92. The molecule has 0 aromatic heterocycles. The molecule has 11 heavy (non-hydrogen) atoms. The van der Waals surface area contributed by atoms with E-state index in [-0.39, 0.29) is 17.0 Å². The second-order valence-corrected chi connectivity index (χ2v) is 7.79. The van der Waals surface area contributed by atoms with Crippen molar-refractivity contribution in [3.8, 4) is 0 Å². The van der Waals surface area contributed by atoms with E-state index in [4.69, 9.17) is 0 Å². The van der Waals surface area contributed by atoms with E-state index in [1.165, 1.54) is 0 Å².